The van der Waals surface area contributed by atoms with Gasteiger partial charge < -0.3 is 10.0 Å². The topological polar surface area (TPSA) is 23.5 Å². The van der Waals surface area contributed by atoms with Crippen LogP contribution in [0.25, 0.3) is 0 Å². The molecule has 1 heterocycles. The molecule has 19 heavy (non-hydrogen) atoms. The van der Waals surface area contributed by atoms with E-state index in [4.69, 9.17) is 0 Å². The summed E-state index contributed by atoms with van der Waals surface area (Å²) in [5.41, 5.74) is 2.09. The van der Waals surface area contributed by atoms with E-state index in [1.165, 1.54) is 24.1 Å². The molecule has 1 fully saturated rings. The molecule has 1 aliphatic rings. The van der Waals surface area contributed by atoms with E-state index in [0.29, 0.717) is 0 Å². The van der Waals surface area contributed by atoms with Gasteiger partial charge >= 0.3 is 0 Å². The standard InChI is InChI=1S/C17H27NO/c1-3-11-18-12-6-9-17(19,10-13-18)14-16-8-5-4-7-15(16)2/h4-5,7-8,19H,3,6,9-14H2,1-2H3. The van der Waals surface area contributed by atoms with Crippen molar-refractivity contribution >= 4 is 0 Å². The number of likely N-dealkylation sites (tertiary alicyclic amines) is 1. The molecule has 1 aromatic carbocycles. The lowest BCUT2D eigenvalue weighted by Crippen LogP contribution is -2.33. The first-order valence-corrected chi connectivity index (χ1v) is 7.62. The van der Waals surface area contributed by atoms with Crippen molar-refractivity contribution < 1.29 is 5.11 Å². The zero-order valence-corrected chi connectivity index (χ0v) is 12.4. The maximum atomic E-state index is 10.9. The Labute approximate surface area is 117 Å². The number of hydrogen-bond donors (Lipinski definition) is 1. The van der Waals surface area contributed by atoms with Crippen molar-refractivity contribution in [3.8, 4) is 0 Å². The first-order chi connectivity index (χ1) is 9.13. The van der Waals surface area contributed by atoms with E-state index in [1.807, 2.05) is 0 Å². The largest absolute Gasteiger partial charge is 0.389 e. The van der Waals surface area contributed by atoms with E-state index < -0.39 is 5.60 Å². The van der Waals surface area contributed by atoms with Gasteiger partial charge in [-0.25, -0.2) is 0 Å². The highest BCUT2D eigenvalue weighted by Crippen LogP contribution is 2.27. The maximum Gasteiger partial charge on any atom is 0.0700 e. The normalized spacial score (nSPS) is 25.2. The van der Waals surface area contributed by atoms with Gasteiger partial charge in [0.2, 0.25) is 0 Å². The Balaban J connectivity index is 2.01. The molecule has 2 nitrogen and oxygen atoms in total. The van der Waals surface area contributed by atoms with Gasteiger partial charge in [0.1, 0.15) is 0 Å². The molecule has 1 aliphatic heterocycles. The monoisotopic (exact) mass is 261 g/mol. The molecular weight excluding hydrogens is 234 g/mol. The highest BCUT2D eigenvalue weighted by molar-refractivity contribution is 5.27. The van der Waals surface area contributed by atoms with Crippen molar-refractivity contribution in [2.24, 2.45) is 0 Å². The lowest BCUT2D eigenvalue weighted by molar-refractivity contribution is 0.0255. The lowest BCUT2D eigenvalue weighted by Gasteiger charge is -2.27. The van der Waals surface area contributed by atoms with Crippen LogP contribution in [0.4, 0.5) is 0 Å². The second-order valence-corrected chi connectivity index (χ2v) is 6.02. The minimum Gasteiger partial charge on any atom is -0.389 e. The zero-order chi connectivity index (χ0) is 13.7. The van der Waals surface area contributed by atoms with Crippen molar-refractivity contribution in [2.45, 2.75) is 51.6 Å². The fraction of sp³-hybridized carbons (Fsp3) is 0.647. The number of aryl methyl sites for hydroxylation is 1. The van der Waals surface area contributed by atoms with Crippen LogP contribution in [0.3, 0.4) is 0 Å². The van der Waals surface area contributed by atoms with Crippen LogP contribution in [0, 0.1) is 6.92 Å². The van der Waals surface area contributed by atoms with Crippen LogP contribution in [0.2, 0.25) is 0 Å². The number of benzene rings is 1. The molecule has 1 N–H and O–H groups in total. The fourth-order valence-electron chi connectivity index (χ4n) is 3.11. The molecule has 2 rings (SSSR count). The van der Waals surface area contributed by atoms with Gasteiger partial charge in [0, 0.05) is 13.0 Å². The second kappa shape index (κ2) is 6.53. The molecule has 0 aliphatic carbocycles. The van der Waals surface area contributed by atoms with E-state index in [9.17, 15) is 5.11 Å². The van der Waals surface area contributed by atoms with Crippen LogP contribution >= 0.6 is 0 Å². The Bertz CT molecular complexity index is 404. The quantitative estimate of drug-likeness (QED) is 0.900. The van der Waals surface area contributed by atoms with Crippen molar-refractivity contribution in [3.63, 3.8) is 0 Å². The van der Waals surface area contributed by atoms with Crippen molar-refractivity contribution in [2.75, 3.05) is 19.6 Å². The number of nitrogens with zero attached hydrogens (tertiary/aromatic N) is 1. The van der Waals surface area contributed by atoms with E-state index in [2.05, 4.69) is 43.0 Å². The molecule has 1 saturated heterocycles. The molecule has 0 radical (unpaired) electrons. The molecular formula is C17H27NO. The van der Waals surface area contributed by atoms with Crippen LogP contribution < -0.4 is 0 Å². The summed E-state index contributed by atoms with van der Waals surface area (Å²) in [4.78, 5) is 2.50. The van der Waals surface area contributed by atoms with Crippen LogP contribution in [-0.2, 0) is 6.42 Å². The Morgan fingerprint density at radius 3 is 2.74 bits per heavy atom. The summed E-state index contributed by atoms with van der Waals surface area (Å²) in [6.45, 7) is 7.71. The predicted octanol–water partition coefficient (Wildman–Crippen LogP) is 3.16. The highest BCUT2D eigenvalue weighted by Gasteiger charge is 2.30. The third-order valence-corrected chi connectivity index (χ3v) is 4.33. The highest BCUT2D eigenvalue weighted by atomic mass is 16.3. The molecule has 0 saturated carbocycles. The maximum absolute atomic E-state index is 10.9. The number of aliphatic hydroxyl groups is 1. The summed E-state index contributed by atoms with van der Waals surface area (Å²) in [5.74, 6) is 0. The molecule has 0 aromatic heterocycles. The Hall–Kier alpha value is -0.860. The molecule has 106 valence electrons. The minimum atomic E-state index is -0.505. The molecule has 0 bridgehead atoms. The summed E-state index contributed by atoms with van der Waals surface area (Å²) in [6.07, 6.45) is 4.96. The molecule has 1 unspecified atom stereocenters. The van der Waals surface area contributed by atoms with Gasteiger partial charge in [0.15, 0.2) is 0 Å². The third-order valence-electron chi connectivity index (χ3n) is 4.33. The average Bonchev–Trinajstić information content (AvgIpc) is 2.56. The minimum absolute atomic E-state index is 0.505. The SMILES string of the molecule is CCCN1CCCC(O)(Cc2ccccc2C)CC1. The van der Waals surface area contributed by atoms with Gasteiger partial charge in [-0.1, -0.05) is 31.2 Å². The van der Waals surface area contributed by atoms with Crippen LogP contribution in [-0.4, -0.2) is 35.2 Å². The van der Waals surface area contributed by atoms with Gasteiger partial charge in [-0.15, -0.1) is 0 Å². The first kappa shape index (κ1) is 14.5. The van der Waals surface area contributed by atoms with E-state index in [-0.39, 0.29) is 0 Å². The van der Waals surface area contributed by atoms with Crippen molar-refractivity contribution in [1.82, 2.24) is 4.90 Å². The predicted molar refractivity (Wildman–Crippen MR) is 80.4 cm³/mol. The smallest absolute Gasteiger partial charge is 0.0700 e. The van der Waals surface area contributed by atoms with Crippen molar-refractivity contribution in [1.29, 1.82) is 0 Å². The molecule has 2 heteroatoms. The molecule has 1 atom stereocenters. The Kier molecular flexibility index (Phi) is 5.00. The first-order valence-electron chi connectivity index (χ1n) is 7.62. The fourth-order valence-corrected chi connectivity index (χ4v) is 3.11. The summed E-state index contributed by atoms with van der Waals surface area (Å²) in [7, 11) is 0. The van der Waals surface area contributed by atoms with Gasteiger partial charge in [-0.2, -0.15) is 0 Å². The van der Waals surface area contributed by atoms with Gasteiger partial charge in [-0.05, 0) is 56.8 Å². The summed E-state index contributed by atoms with van der Waals surface area (Å²) < 4.78 is 0. The van der Waals surface area contributed by atoms with E-state index >= 15 is 0 Å². The number of rotatable bonds is 4. The zero-order valence-electron chi connectivity index (χ0n) is 12.4. The molecule has 0 spiro atoms. The van der Waals surface area contributed by atoms with E-state index in [1.54, 1.807) is 0 Å². The third kappa shape index (κ3) is 4.05. The number of hydrogen-bond acceptors (Lipinski definition) is 2. The van der Waals surface area contributed by atoms with Gasteiger partial charge in [-0.3, -0.25) is 0 Å². The molecule has 0 amide bonds. The van der Waals surface area contributed by atoms with E-state index in [0.717, 1.165) is 38.8 Å². The summed E-state index contributed by atoms with van der Waals surface area (Å²) in [5, 5.41) is 10.9. The van der Waals surface area contributed by atoms with Crippen LogP contribution in [0.15, 0.2) is 24.3 Å². The summed E-state index contributed by atoms with van der Waals surface area (Å²) >= 11 is 0. The molecule has 1 aromatic rings. The Morgan fingerprint density at radius 2 is 2.00 bits per heavy atom. The lowest BCUT2D eigenvalue weighted by atomic mass is 9.86. The van der Waals surface area contributed by atoms with Gasteiger partial charge in [0.05, 0.1) is 5.60 Å². The van der Waals surface area contributed by atoms with Crippen LogP contribution in [0.5, 0.6) is 0 Å². The summed E-state index contributed by atoms with van der Waals surface area (Å²) in [6, 6.07) is 8.44. The van der Waals surface area contributed by atoms with Crippen molar-refractivity contribution in [3.05, 3.63) is 35.4 Å². The van der Waals surface area contributed by atoms with Gasteiger partial charge in [0.25, 0.3) is 0 Å². The van der Waals surface area contributed by atoms with Crippen LogP contribution in [0.1, 0.15) is 43.7 Å². The average molecular weight is 261 g/mol. The second-order valence-electron chi connectivity index (χ2n) is 6.02. The Morgan fingerprint density at radius 1 is 1.21 bits per heavy atom.